The number of carbonyl (C=O) groups excluding carboxylic acids is 1. The fourth-order valence-electron chi connectivity index (χ4n) is 3.07. The average Bonchev–Trinajstić information content (AvgIpc) is 2.36. The van der Waals surface area contributed by atoms with Gasteiger partial charge in [0, 0.05) is 18.5 Å². The molecule has 1 fully saturated rings. The Balaban J connectivity index is 2.65. The molecule has 5 nitrogen and oxygen atoms in total. The Morgan fingerprint density at radius 3 is 2.50 bits per heavy atom. The molecule has 20 heavy (non-hydrogen) atoms. The van der Waals surface area contributed by atoms with Crippen LogP contribution in [0, 0.1) is 23.2 Å². The molecule has 0 aromatic heterocycles. The van der Waals surface area contributed by atoms with Crippen LogP contribution >= 0.6 is 0 Å². The second-order valence-corrected chi connectivity index (χ2v) is 6.59. The van der Waals surface area contributed by atoms with Crippen LogP contribution in [0.15, 0.2) is 0 Å². The number of nitrogens with one attached hydrogen (secondary N) is 1. The summed E-state index contributed by atoms with van der Waals surface area (Å²) in [6.45, 7) is 8.27. The lowest BCUT2D eigenvalue weighted by atomic mass is 9.61. The monoisotopic (exact) mass is 284 g/mol. The number of amides is 1. The van der Waals surface area contributed by atoms with Crippen molar-refractivity contribution in [3.8, 4) is 0 Å². The molecule has 0 aromatic rings. The topological polar surface area (TPSA) is 92.4 Å². The molecule has 0 spiro atoms. The van der Waals surface area contributed by atoms with Gasteiger partial charge < -0.3 is 16.2 Å². The summed E-state index contributed by atoms with van der Waals surface area (Å²) in [6, 6.07) is 0.136. The van der Waals surface area contributed by atoms with Gasteiger partial charge in [0.15, 0.2) is 0 Å². The zero-order chi connectivity index (χ0) is 15.5. The van der Waals surface area contributed by atoms with E-state index in [0.29, 0.717) is 6.42 Å². The van der Waals surface area contributed by atoms with Crippen molar-refractivity contribution < 1.29 is 14.7 Å². The van der Waals surface area contributed by atoms with Crippen LogP contribution in [0.2, 0.25) is 0 Å². The highest BCUT2D eigenvalue weighted by molar-refractivity contribution is 5.80. The van der Waals surface area contributed by atoms with Gasteiger partial charge in [0.2, 0.25) is 5.91 Å². The smallest absolute Gasteiger partial charge is 0.308 e. The Labute approximate surface area is 121 Å². The summed E-state index contributed by atoms with van der Waals surface area (Å²) in [4.78, 5) is 23.3. The molecule has 5 heteroatoms. The molecule has 0 saturated heterocycles. The number of carbonyl (C=O) groups is 2. The molecule has 1 saturated carbocycles. The van der Waals surface area contributed by atoms with Crippen molar-refractivity contribution in [1.29, 1.82) is 0 Å². The van der Waals surface area contributed by atoms with Crippen LogP contribution < -0.4 is 11.1 Å². The van der Waals surface area contributed by atoms with Crippen molar-refractivity contribution in [3.05, 3.63) is 0 Å². The van der Waals surface area contributed by atoms with Crippen molar-refractivity contribution in [2.75, 3.05) is 6.54 Å². The first-order chi connectivity index (χ1) is 9.21. The molecule has 4 unspecified atom stereocenters. The van der Waals surface area contributed by atoms with Crippen molar-refractivity contribution in [1.82, 2.24) is 5.32 Å². The van der Waals surface area contributed by atoms with Gasteiger partial charge in [-0.2, -0.15) is 0 Å². The van der Waals surface area contributed by atoms with Crippen molar-refractivity contribution in [2.45, 2.75) is 53.0 Å². The summed E-state index contributed by atoms with van der Waals surface area (Å²) in [7, 11) is 0. The first-order valence-electron chi connectivity index (χ1n) is 7.47. The van der Waals surface area contributed by atoms with Gasteiger partial charge in [0.25, 0.3) is 0 Å². The van der Waals surface area contributed by atoms with Crippen molar-refractivity contribution in [3.63, 3.8) is 0 Å². The van der Waals surface area contributed by atoms with Gasteiger partial charge in [-0.05, 0) is 30.6 Å². The number of nitrogens with two attached hydrogens (primary N) is 1. The zero-order valence-electron chi connectivity index (χ0n) is 13.0. The van der Waals surface area contributed by atoms with Crippen molar-refractivity contribution in [2.24, 2.45) is 28.9 Å². The molecule has 0 heterocycles. The molecule has 116 valence electrons. The number of carboxylic acid groups (broad SMARTS) is 1. The maximum atomic E-state index is 12.4. The molecular formula is C15H28N2O3. The lowest BCUT2D eigenvalue weighted by Gasteiger charge is -2.46. The summed E-state index contributed by atoms with van der Waals surface area (Å²) in [6.07, 6.45) is 2.14. The standard InChI is InChI=1S/C15H28N2O3/c1-5-10(14(19)20)8-17-13(18)11-6-7-12(16)9(2)15(11,3)4/h9-12H,5-8,16H2,1-4H3,(H,17,18)(H,19,20). The normalized spacial score (nSPS) is 30.6. The number of carboxylic acids is 1. The second kappa shape index (κ2) is 6.57. The number of rotatable bonds is 5. The highest BCUT2D eigenvalue weighted by atomic mass is 16.4. The fourth-order valence-corrected chi connectivity index (χ4v) is 3.07. The first kappa shape index (κ1) is 17.0. The third-order valence-electron chi connectivity index (χ3n) is 5.18. The summed E-state index contributed by atoms with van der Waals surface area (Å²) >= 11 is 0. The van der Waals surface area contributed by atoms with E-state index in [1.165, 1.54) is 0 Å². The van der Waals surface area contributed by atoms with Gasteiger partial charge >= 0.3 is 5.97 Å². The van der Waals surface area contributed by atoms with E-state index in [0.717, 1.165) is 12.8 Å². The maximum absolute atomic E-state index is 12.4. The molecule has 1 aliphatic rings. The number of aliphatic carboxylic acids is 1. The fraction of sp³-hybridized carbons (Fsp3) is 0.867. The third-order valence-corrected chi connectivity index (χ3v) is 5.18. The van der Waals surface area contributed by atoms with E-state index in [-0.39, 0.29) is 35.7 Å². The predicted molar refractivity (Wildman–Crippen MR) is 78.1 cm³/mol. The van der Waals surface area contributed by atoms with E-state index in [9.17, 15) is 9.59 Å². The minimum atomic E-state index is -0.855. The molecule has 0 aromatic carbocycles. The Bertz CT molecular complexity index is 368. The Hall–Kier alpha value is -1.10. The van der Waals surface area contributed by atoms with Crippen LogP contribution in [0.5, 0.6) is 0 Å². The maximum Gasteiger partial charge on any atom is 0.308 e. The van der Waals surface area contributed by atoms with Gasteiger partial charge in [-0.25, -0.2) is 0 Å². The quantitative estimate of drug-likeness (QED) is 0.715. The molecule has 0 aliphatic heterocycles. The molecule has 0 radical (unpaired) electrons. The summed E-state index contributed by atoms with van der Waals surface area (Å²) in [5.41, 5.74) is 5.93. The van der Waals surface area contributed by atoms with Crippen LogP contribution in [0.4, 0.5) is 0 Å². The molecule has 0 bridgehead atoms. The first-order valence-corrected chi connectivity index (χ1v) is 7.47. The number of hydrogen-bond donors (Lipinski definition) is 3. The SMILES string of the molecule is CCC(CNC(=O)C1CCC(N)C(C)C1(C)C)C(=O)O. The van der Waals surface area contributed by atoms with Gasteiger partial charge in [0.05, 0.1) is 5.92 Å². The van der Waals surface area contributed by atoms with E-state index in [1.54, 1.807) is 0 Å². The van der Waals surface area contributed by atoms with Gasteiger partial charge in [0.1, 0.15) is 0 Å². The average molecular weight is 284 g/mol. The van der Waals surface area contributed by atoms with Gasteiger partial charge in [-0.3, -0.25) is 9.59 Å². The largest absolute Gasteiger partial charge is 0.481 e. The molecular weight excluding hydrogens is 256 g/mol. The molecule has 4 atom stereocenters. The van der Waals surface area contributed by atoms with Gasteiger partial charge in [-0.15, -0.1) is 0 Å². The van der Waals surface area contributed by atoms with Crippen LogP contribution in [0.1, 0.15) is 47.0 Å². The molecule has 1 aliphatic carbocycles. The second-order valence-electron chi connectivity index (χ2n) is 6.59. The minimum Gasteiger partial charge on any atom is -0.481 e. The van der Waals surface area contributed by atoms with E-state index in [4.69, 9.17) is 10.8 Å². The third kappa shape index (κ3) is 3.51. The highest BCUT2D eigenvalue weighted by Crippen LogP contribution is 2.44. The lowest BCUT2D eigenvalue weighted by Crippen LogP contribution is -2.52. The van der Waals surface area contributed by atoms with E-state index < -0.39 is 11.9 Å². The predicted octanol–water partition coefficient (Wildman–Crippen LogP) is 1.61. The van der Waals surface area contributed by atoms with Gasteiger partial charge in [-0.1, -0.05) is 27.7 Å². The molecule has 4 N–H and O–H groups in total. The van der Waals surface area contributed by atoms with E-state index in [1.807, 2.05) is 6.92 Å². The summed E-state index contributed by atoms with van der Waals surface area (Å²) in [5, 5.41) is 11.8. The minimum absolute atomic E-state index is 0.0338. The van der Waals surface area contributed by atoms with Crippen molar-refractivity contribution >= 4 is 11.9 Å². The van der Waals surface area contributed by atoms with Crippen LogP contribution in [-0.2, 0) is 9.59 Å². The summed E-state index contributed by atoms with van der Waals surface area (Å²) in [5.74, 6) is -1.22. The Morgan fingerprint density at radius 1 is 1.40 bits per heavy atom. The summed E-state index contributed by atoms with van der Waals surface area (Å²) < 4.78 is 0. The number of hydrogen-bond acceptors (Lipinski definition) is 3. The van der Waals surface area contributed by atoms with Crippen LogP contribution in [-0.4, -0.2) is 29.6 Å². The molecule has 1 rings (SSSR count). The lowest BCUT2D eigenvalue weighted by molar-refractivity contribution is -0.142. The highest BCUT2D eigenvalue weighted by Gasteiger charge is 2.44. The van der Waals surface area contributed by atoms with Crippen LogP contribution in [0.25, 0.3) is 0 Å². The van der Waals surface area contributed by atoms with E-state index in [2.05, 4.69) is 26.1 Å². The Morgan fingerprint density at radius 2 is 2.00 bits per heavy atom. The van der Waals surface area contributed by atoms with Crippen LogP contribution in [0.3, 0.4) is 0 Å². The zero-order valence-corrected chi connectivity index (χ0v) is 13.0. The molecule has 1 amide bonds. The Kier molecular flexibility index (Phi) is 5.57. The van der Waals surface area contributed by atoms with E-state index >= 15 is 0 Å².